The van der Waals surface area contributed by atoms with Crippen LogP contribution in [-0.2, 0) is 9.84 Å². The van der Waals surface area contributed by atoms with Crippen molar-refractivity contribution in [1.29, 1.82) is 0 Å². The smallest absolute Gasteiger partial charge is 0.169 e. The van der Waals surface area contributed by atoms with Gasteiger partial charge in [0.2, 0.25) is 0 Å². The van der Waals surface area contributed by atoms with Gasteiger partial charge in [0, 0.05) is 30.4 Å². The molecule has 1 unspecified atom stereocenters. The van der Waals surface area contributed by atoms with Gasteiger partial charge in [-0.1, -0.05) is 0 Å². The van der Waals surface area contributed by atoms with Crippen LogP contribution < -0.4 is 16.2 Å². The van der Waals surface area contributed by atoms with Crippen LogP contribution in [0.25, 0.3) is 0 Å². The molecule has 19 heavy (non-hydrogen) atoms. The summed E-state index contributed by atoms with van der Waals surface area (Å²) in [6.45, 7) is 2.39. The second-order valence-electron chi connectivity index (χ2n) is 4.36. The predicted octanol–water partition coefficient (Wildman–Crippen LogP) is -0.00548. The number of nitrogens with zero attached hydrogens (tertiary/aromatic N) is 3. The molecule has 1 fully saturated rings. The molecule has 2 heterocycles. The topological polar surface area (TPSA) is 101 Å². The van der Waals surface area contributed by atoms with E-state index in [2.05, 4.69) is 15.4 Å². The molecule has 7 nitrogen and oxygen atoms in total. The number of hydrogen-bond donors (Lipinski definition) is 2. The van der Waals surface area contributed by atoms with Crippen molar-refractivity contribution >= 4 is 33.2 Å². The van der Waals surface area contributed by atoms with Gasteiger partial charge in [0.1, 0.15) is 22.8 Å². The van der Waals surface area contributed by atoms with E-state index >= 15 is 0 Å². The monoisotopic (exact) mass is 303 g/mol. The zero-order valence-corrected chi connectivity index (χ0v) is 12.5. The fourth-order valence-corrected chi connectivity index (χ4v) is 4.80. The van der Waals surface area contributed by atoms with Gasteiger partial charge in [0.15, 0.2) is 9.84 Å². The van der Waals surface area contributed by atoms with Gasteiger partial charge < -0.3 is 10.3 Å². The molecule has 0 aromatic carbocycles. The van der Waals surface area contributed by atoms with Crippen LogP contribution >= 0.6 is 11.8 Å². The summed E-state index contributed by atoms with van der Waals surface area (Å²) < 4.78 is 23.7. The molecule has 0 bridgehead atoms. The van der Waals surface area contributed by atoms with E-state index in [4.69, 9.17) is 5.84 Å². The first-order valence-corrected chi connectivity index (χ1v) is 8.88. The first-order chi connectivity index (χ1) is 8.91. The second-order valence-corrected chi connectivity index (χ2v) is 7.71. The predicted molar refractivity (Wildman–Crippen MR) is 77.9 cm³/mol. The number of sulfone groups is 1. The summed E-state index contributed by atoms with van der Waals surface area (Å²) in [5.74, 6) is 8.41. The summed E-state index contributed by atoms with van der Waals surface area (Å²) in [5, 5.41) is -0.550. The summed E-state index contributed by atoms with van der Waals surface area (Å²) in [4.78, 5) is 10.2. The minimum absolute atomic E-state index is 0.480. The lowest BCUT2D eigenvalue weighted by molar-refractivity contribution is 0.583. The molecule has 0 saturated carbocycles. The zero-order chi connectivity index (χ0) is 14.0. The number of anilines is 2. The van der Waals surface area contributed by atoms with Crippen LogP contribution in [0.3, 0.4) is 0 Å². The lowest BCUT2D eigenvalue weighted by Crippen LogP contribution is -2.47. The minimum Gasteiger partial charge on any atom is -0.338 e. The number of hydrazine groups is 1. The molecule has 1 aliphatic heterocycles. The van der Waals surface area contributed by atoms with Gasteiger partial charge in [-0.05, 0) is 6.92 Å². The number of nitrogens with one attached hydrogen (secondary N) is 1. The van der Waals surface area contributed by atoms with E-state index < -0.39 is 15.2 Å². The molecule has 3 N–H and O–H groups in total. The van der Waals surface area contributed by atoms with Crippen LogP contribution in [0.5, 0.6) is 0 Å². The highest BCUT2D eigenvalue weighted by Gasteiger charge is 2.32. The molecule has 1 atom stereocenters. The second kappa shape index (κ2) is 5.51. The van der Waals surface area contributed by atoms with E-state index in [1.807, 2.05) is 0 Å². The van der Waals surface area contributed by atoms with Crippen molar-refractivity contribution in [3.05, 3.63) is 11.9 Å². The number of thioether (sulfide) groups is 1. The molecule has 106 valence electrons. The lowest BCUT2D eigenvalue weighted by atomic mass is 10.4. The first-order valence-electron chi connectivity index (χ1n) is 5.77. The standard InChI is InChI=1S/C10H17N5O2S2/c1-7-12-8(14-11)5-9(13-7)15-3-4-18-6-10(15)19(2,16)17/h5,10H,3-4,6,11H2,1-2H3,(H,12,13,14). The Labute approximate surface area is 116 Å². The Morgan fingerprint density at radius 2 is 2.26 bits per heavy atom. The molecule has 1 aromatic heterocycles. The van der Waals surface area contributed by atoms with Crippen molar-refractivity contribution in [1.82, 2.24) is 9.97 Å². The van der Waals surface area contributed by atoms with Crippen molar-refractivity contribution in [2.24, 2.45) is 5.84 Å². The Morgan fingerprint density at radius 3 is 2.89 bits per heavy atom. The summed E-state index contributed by atoms with van der Waals surface area (Å²) in [6, 6.07) is 1.67. The number of hydrogen-bond acceptors (Lipinski definition) is 8. The van der Waals surface area contributed by atoms with Crippen molar-refractivity contribution in [2.45, 2.75) is 12.3 Å². The average Bonchev–Trinajstić information content (AvgIpc) is 2.37. The maximum atomic E-state index is 11.9. The molecule has 0 aliphatic carbocycles. The molecular formula is C10H17N5O2S2. The molecule has 0 radical (unpaired) electrons. The molecule has 0 spiro atoms. The summed E-state index contributed by atoms with van der Waals surface area (Å²) in [7, 11) is -3.16. The van der Waals surface area contributed by atoms with Crippen LogP contribution in [0.1, 0.15) is 5.82 Å². The van der Waals surface area contributed by atoms with Crippen LogP contribution in [0.4, 0.5) is 11.6 Å². The number of nitrogen functional groups attached to an aromatic ring is 1. The Kier molecular flexibility index (Phi) is 4.16. The Morgan fingerprint density at radius 1 is 1.53 bits per heavy atom. The Hall–Kier alpha value is -1.06. The third-order valence-corrected chi connectivity index (χ3v) is 5.49. The highest BCUT2D eigenvalue weighted by atomic mass is 32.2. The quantitative estimate of drug-likeness (QED) is 0.594. The van der Waals surface area contributed by atoms with Gasteiger partial charge in [0.25, 0.3) is 0 Å². The highest BCUT2D eigenvalue weighted by Crippen LogP contribution is 2.26. The zero-order valence-electron chi connectivity index (χ0n) is 10.8. The van der Waals surface area contributed by atoms with E-state index in [1.165, 1.54) is 6.26 Å². The van der Waals surface area contributed by atoms with E-state index in [0.29, 0.717) is 29.8 Å². The normalized spacial score (nSPS) is 20.4. The van der Waals surface area contributed by atoms with Gasteiger partial charge in [-0.25, -0.2) is 24.2 Å². The van der Waals surface area contributed by atoms with Crippen LogP contribution in [0, 0.1) is 6.92 Å². The molecule has 9 heteroatoms. The Bertz CT molecular complexity index is 563. The van der Waals surface area contributed by atoms with Gasteiger partial charge >= 0.3 is 0 Å². The van der Waals surface area contributed by atoms with Crippen molar-refractivity contribution in [3.63, 3.8) is 0 Å². The van der Waals surface area contributed by atoms with Gasteiger partial charge in [-0.2, -0.15) is 11.8 Å². The number of aromatic nitrogens is 2. The molecule has 2 rings (SSSR count). The average molecular weight is 303 g/mol. The third kappa shape index (κ3) is 3.28. The summed E-state index contributed by atoms with van der Waals surface area (Å²) in [5.41, 5.74) is 2.47. The van der Waals surface area contributed by atoms with Crippen LogP contribution in [-0.4, -0.2) is 48.1 Å². The minimum atomic E-state index is -3.16. The summed E-state index contributed by atoms with van der Waals surface area (Å²) in [6.07, 6.45) is 1.26. The fourth-order valence-electron chi connectivity index (χ4n) is 1.97. The molecular weight excluding hydrogens is 286 g/mol. The largest absolute Gasteiger partial charge is 0.338 e. The van der Waals surface area contributed by atoms with Gasteiger partial charge in [-0.15, -0.1) is 0 Å². The maximum Gasteiger partial charge on any atom is 0.169 e. The molecule has 1 saturated heterocycles. The highest BCUT2D eigenvalue weighted by molar-refractivity contribution is 8.01. The summed E-state index contributed by atoms with van der Waals surface area (Å²) >= 11 is 1.64. The van der Waals surface area contributed by atoms with E-state index in [0.717, 1.165) is 5.75 Å². The SMILES string of the molecule is Cc1nc(NN)cc(N2CCSCC2S(C)(=O)=O)n1. The lowest BCUT2D eigenvalue weighted by Gasteiger charge is -2.35. The number of aryl methyl sites for hydroxylation is 1. The molecule has 1 aromatic rings. The van der Waals surface area contributed by atoms with E-state index in [9.17, 15) is 8.42 Å². The fraction of sp³-hybridized carbons (Fsp3) is 0.600. The first kappa shape index (κ1) is 14.4. The van der Waals surface area contributed by atoms with Gasteiger partial charge in [-0.3, -0.25) is 0 Å². The van der Waals surface area contributed by atoms with Crippen molar-refractivity contribution in [2.75, 3.05) is 34.6 Å². The third-order valence-electron chi connectivity index (χ3n) is 2.85. The van der Waals surface area contributed by atoms with Crippen LogP contribution in [0.15, 0.2) is 6.07 Å². The van der Waals surface area contributed by atoms with Gasteiger partial charge in [0.05, 0.1) is 0 Å². The Balaban J connectivity index is 2.40. The maximum absolute atomic E-state index is 11.9. The van der Waals surface area contributed by atoms with Crippen LogP contribution in [0.2, 0.25) is 0 Å². The van der Waals surface area contributed by atoms with Crippen molar-refractivity contribution in [3.8, 4) is 0 Å². The van der Waals surface area contributed by atoms with Crippen molar-refractivity contribution < 1.29 is 8.42 Å². The number of nitrogens with two attached hydrogens (primary N) is 1. The van der Waals surface area contributed by atoms with E-state index in [1.54, 1.807) is 29.7 Å². The number of rotatable bonds is 3. The molecule has 1 aliphatic rings. The van der Waals surface area contributed by atoms with E-state index in [-0.39, 0.29) is 0 Å². The molecule has 0 amide bonds.